The van der Waals surface area contributed by atoms with Gasteiger partial charge in [0.05, 0.1) is 4.92 Å². The normalized spacial score (nSPS) is 19.4. The first-order valence-corrected chi connectivity index (χ1v) is 6.58. The molecule has 0 spiro atoms. The van der Waals surface area contributed by atoms with Crippen LogP contribution in [0.1, 0.15) is 36.8 Å². The Morgan fingerprint density at radius 1 is 1.28 bits per heavy atom. The summed E-state index contributed by atoms with van der Waals surface area (Å²) in [5, 5.41) is 10.9. The third-order valence-electron chi connectivity index (χ3n) is 3.99. The molecule has 4 nitrogen and oxygen atoms in total. The largest absolute Gasteiger partial charge is 0.288 e. The predicted octanol–water partition coefficient (Wildman–Crippen LogP) is 3.13. The highest BCUT2D eigenvalue weighted by atomic mass is 16.6. The van der Waals surface area contributed by atoms with Gasteiger partial charge in [-0.25, -0.2) is 0 Å². The van der Waals surface area contributed by atoms with E-state index in [1.165, 1.54) is 31.2 Å². The Bertz CT molecular complexity index is 517. The molecule has 1 saturated carbocycles. The van der Waals surface area contributed by atoms with Crippen LogP contribution < -0.4 is 0 Å². The molecule has 1 aliphatic carbocycles. The van der Waals surface area contributed by atoms with E-state index in [1.807, 2.05) is 6.07 Å². The van der Waals surface area contributed by atoms with Gasteiger partial charge in [0.25, 0.3) is 5.69 Å². The van der Waals surface area contributed by atoms with Crippen molar-refractivity contribution in [1.82, 2.24) is 0 Å². The van der Waals surface area contributed by atoms with Gasteiger partial charge >= 0.3 is 0 Å². The summed E-state index contributed by atoms with van der Waals surface area (Å²) in [6, 6.07) is 5.22. The van der Waals surface area contributed by atoms with Crippen molar-refractivity contribution < 1.29 is 4.92 Å². The number of nitrogens with zero attached hydrogens (tertiary/aromatic N) is 2. The van der Waals surface area contributed by atoms with E-state index >= 15 is 0 Å². The average molecular weight is 244 g/mol. The molecule has 0 unspecified atom stereocenters. The van der Waals surface area contributed by atoms with Crippen molar-refractivity contribution in [3.63, 3.8) is 0 Å². The number of fused-ring (bicyclic) bond motifs is 1. The topological polar surface area (TPSA) is 55.5 Å². The van der Waals surface area contributed by atoms with Crippen LogP contribution >= 0.6 is 0 Å². The molecule has 4 heteroatoms. The number of nitro groups is 1. The maximum absolute atomic E-state index is 10.9. The fourth-order valence-electron chi connectivity index (χ4n) is 3.06. The molecule has 1 aromatic carbocycles. The summed E-state index contributed by atoms with van der Waals surface area (Å²) in [7, 11) is 0. The van der Waals surface area contributed by atoms with Gasteiger partial charge in [-0.3, -0.25) is 15.1 Å². The smallest absolute Gasteiger partial charge is 0.270 e. The van der Waals surface area contributed by atoms with Crippen LogP contribution in [0.3, 0.4) is 0 Å². The Morgan fingerprint density at radius 3 is 2.78 bits per heavy atom. The van der Waals surface area contributed by atoms with E-state index < -0.39 is 0 Å². The molecule has 0 amide bonds. The Kier molecular flexibility index (Phi) is 2.86. The molecule has 3 rings (SSSR count). The number of hydrogen-bond donors (Lipinski definition) is 0. The maximum atomic E-state index is 10.9. The first kappa shape index (κ1) is 11.4. The lowest BCUT2D eigenvalue weighted by Gasteiger charge is -2.21. The molecule has 1 aliphatic heterocycles. The fraction of sp³-hybridized carbons (Fsp3) is 0.500. The van der Waals surface area contributed by atoms with Crippen molar-refractivity contribution in [1.29, 1.82) is 0 Å². The molecule has 1 heterocycles. The summed E-state index contributed by atoms with van der Waals surface area (Å²) < 4.78 is 0. The molecule has 0 aromatic heterocycles. The molecule has 0 saturated heterocycles. The highest BCUT2D eigenvalue weighted by Gasteiger charge is 2.26. The highest BCUT2D eigenvalue weighted by Crippen LogP contribution is 2.32. The van der Waals surface area contributed by atoms with Crippen molar-refractivity contribution in [2.75, 3.05) is 6.54 Å². The molecule has 0 radical (unpaired) electrons. The lowest BCUT2D eigenvalue weighted by Crippen LogP contribution is -2.20. The number of benzene rings is 1. The summed E-state index contributed by atoms with van der Waals surface area (Å²) in [4.78, 5) is 15.2. The van der Waals surface area contributed by atoms with Crippen LogP contribution in [0.25, 0.3) is 0 Å². The van der Waals surface area contributed by atoms with E-state index in [4.69, 9.17) is 0 Å². The maximum Gasteiger partial charge on any atom is 0.270 e. The van der Waals surface area contributed by atoms with Gasteiger partial charge in [-0.1, -0.05) is 18.9 Å². The van der Waals surface area contributed by atoms with Crippen molar-refractivity contribution >= 4 is 11.4 Å². The summed E-state index contributed by atoms with van der Waals surface area (Å²) in [6.45, 7) is 0.830. The fourth-order valence-corrected chi connectivity index (χ4v) is 3.06. The van der Waals surface area contributed by atoms with Crippen LogP contribution in [0.4, 0.5) is 5.69 Å². The van der Waals surface area contributed by atoms with Gasteiger partial charge in [0.15, 0.2) is 0 Å². The molecular weight excluding hydrogens is 228 g/mol. The zero-order chi connectivity index (χ0) is 12.5. The molecule has 0 atom stereocenters. The van der Waals surface area contributed by atoms with Crippen molar-refractivity contribution in [3.05, 3.63) is 39.4 Å². The number of aliphatic imine (C=N–C) groups is 1. The molecule has 2 aliphatic rings. The Labute approximate surface area is 106 Å². The van der Waals surface area contributed by atoms with Crippen molar-refractivity contribution in [2.45, 2.75) is 32.1 Å². The van der Waals surface area contributed by atoms with E-state index in [-0.39, 0.29) is 10.6 Å². The van der Waals surface area contributed by atoms with Crippen molar-refractivity contribution in [2.24, 2.45) is 10.9 Å². The van der Waals surface area contributed by atoms with E-state index in [2.05, 4.69) is 4.99 Å². The minimum absolute atomic E-state index is 0.182. The van der Waals surface area contributed by atoms with Crippen molar-refractivity contribution in [3.8, 4) is 0 Å². The van der Waals surface area contributed by atoms with Gasteiger partial charge in [-0.15, -0.1) is 0 Å². The summed E-state index contributed by atoms with van der Waals surface area (Å²) >= 11 is 0. The first-order chi connectivity index (χ1) is 8.75. The second kappa shape index (κ2) is 4.52. The number of nitro benzene ring substituents is 1. The molecular formula is C14H16N2O2. The lowest BCUT2D eigenvalue weighted by molar-refractivity contribution is -0.384. The molecule has 0 bridgehead atoms. The quantitative estimate of drug-likeness (QED) is 0.592. The number of non-ortho nitro benzene ring substituents is 1. The summed E-state index contributed by atoms with van der Waals surface area (Å²) in [6.07, 6.45) is 5.79. The predicted molar refractivity (Wildman–Crippen MR) is 70.2 cm³/mol. The van der Waals surface area contributed by atoms with Crippen LogP contribution in [0.15, 0.2) is 23.2 Å². The van der Waals surface area contributed by atoms with Crippen LogP contribution in [0, 0.1) is 16.0 Å². The van der Waals surface area contributed by atoms with Crippen LogP contribution in [0.2, 0.25) is 0 Å². The lowest BCUT2D eigenvalue weighted by atomic mass is 9.88. The van der Waals surface area contributed by atoms with Crippen LogP contribution in [0.5, 0.6) is 0 Å². The van der Waals surface area contributed by atoms with Gasteiger partial charge < -0.3 is 0 Å². The average Bonchev–Trinajstić information content (AvgIpc) is 2.91. The minimum Gasteiger partial charge on any atom is -0.288 e. The first-order valence-electron chi connectivity index (χ1n) is 6.58. The third-order valence-corrected chi connectivity index (χ3v) is 3.99. The Balaban J connectivity index is 2.02. The zero-order valence-electron chi connectivity index (χ0n) is 10.3. The summed E-state index contributed by atoms with van der Waals surface area (Å²) in [5.74, 6) is 0.519. The van der Waals surface area contributed by atoms with Gasteiger partial charge in [0.2, 0.25) is 0 Å². The van der Waals surface area contributed by atoms with E-state index in [0.717, 1.165) is 24.2 Å². The van der Waals surface area contributed by atoms with Gasteiger partial charge in [0, 0.05) is 35.9 Å². The number of rotatable bonds is 2. The third kappa shape index (κ3) is 1.92. The van der Waals surface area contributed by atoms with Crippen LogP contribution in [-0.4, -0.2) is 17.2 Å². The monoisotopic (exact) mass is 244 g/mol. The molecule has 18 heavy (non-hydrogen) atoms. The summed E-state index contributed by atoms with van der Waals surface area (Å²) in [5.41, 5.74) is 3.55. The minimum atomic E-state index is -0.318. The number of hydrogen-bond acceptors (Lipinski definition) is 3. The Morgan fingerprint density at radius 2 is 2.06 bits per heavy atom. The standard InChI is InChI=1S/C14H16N2O2/c17-16(18)12-6-5-10-7-8-15-14(13(10)9-12)11-3-1-2-4-11/h5-6,9,11H,1-4,7-8H2. The molecule has 1 fully saturated rings. The Hall–Kier alpha value is -1.71. The second-order valence-electron chi connectivity index (χ2n) is 5.10. The second-order valence-corrected chi connectivity index (χ2v) is 5.10. The highest BCUT2D eigenvalue weighted by molar-refractivity contribution is 6.04. The van der Waals surface area contributed by atoms with Gasteiger partial charge in [-0.05, 0) is 24.8 Å². The van der Waals surface area contributed by atoms with E-state index in [0.29, 0.717) is 5.92 Å². The van der Waals surface area contributed by atoms with E-state index in [9.17, 15) is 10.1 Å². The van der Waals surface area contributed by atoms with Crippen LogP contribution in [-0.2, 0) is 6.42 Å². The van der Waals surface area contributed by atoms with Gasteiger partial charge in [-0.2, -0.15) is 0 Å². The molecule has 1 aromatic rings. The zero-order valence-corrected chi connectivity index (χ0v) is 10.3. The van der Waals surface area contributed by atoms with Gasteiger partial charge in [0.1, 0.15) is 0 Å². The molecule has 94 valence electrons. The van der Waals surface area contributed by atoms with E-state index in [1.54, 1.807) is 12.1 Å². The molecule has 0 N–H and O–H groups in total. The SMILES string of the molecule is O=[N+]([O-])c1ccc2c(c1)C(C1CCCC1)=NCC2.